The van der Waals surface area contributed by atoms with Gasteiger partial charge in [0.25, 0.3) is 0 Å². The van der Waals surface area contributed by atoms with Crippen LogP contribution in [0.2, 0.25) is 0 Å². The molecule has 33 heavy (non-hydrogen) atoms. The summed E-state index contributed by atoms with van der Waals surface area (Å²) in [5.74, 6) is -1.45. The van der Waals surface area contributed by atoms with E-state index in [2.05, 4.69) is 24.8 Å². The third kappa shape index (κ3) is 8.53. The van der Waals surface area contributed by atoms with Gasteiger partial charge in [0.2, 0.25) is 5.88 Å². The number of hydrogen-bond donors (Lipinski definition) is 1. The number of amides is 2. The Labute approximate surface area is 179 Å². The Hall–Kier alpha value is -3.46. The molecule has 1 aromatic heterocycles. The molecule has 1 aromatic carbocycles. The lowest BCUT2D eigenvalue weighted by Crippen LogP contribution is -2.31. The van der Waals surface area contributed by atoms with Crippen molar-refractivity contribution in [2.24, 2.45) is 0 Å². The molecule has 0 aliphatic rings. The van der Waals surface area contributed by atoms with E-state index in [0.717, 1.165) is 24.1 Å². The number of halogens is 9. The molecule has 0 atom stereocenters. The van der Waals surface area contributed by atoms with Gasteiger partial charge in [0.05, 0.1) is 5.56 Å². The summed E-state index contributed by atoms with van der Waals surface area (Å²) in [7, 11) is 1.14. The maximum Gasteiger partial charge on any atom is 0.422 e. The molecule has 2 aromatic rings. The van der Waals surface area contributed by atoms with Gasteiger partial charge < -0.3 is 9.47 Å². The standard InChI is InChI=1S/C17H13F9N4O3/c1-30(10-4-2-9(3-5-10)17(24,25)26)14(31)28-11-6-12(32-7-15(18,19)20)29-13(27-11)33-8-16(21,22)23/h2-6H,7-8H2,1H3,(H,27,28,29,31). The van der Waals surface area contributed by atoms with Gasteiger partial charge in [0.15, 0.2) is 13.2 Å². The lowest BCUT2D eigenvalue weighted by Gasteiger charge is -2.19. The van der Waals surface area contributed by atoms with E-state index in [1.807, 2.05) is 0 Å². The number of benzene rings is 1. The highest BCUT2D eigenvalue weighted by Gasteiger charge is 2.31. The molecule has 0 aliphatic carbocycles. The van der Waals surface area contributed by atoms with Crippen LogP contribution in [0, 0.1) is 0 Å². The largest absolute Gasteiger partial charge is 0.468 e. The fourth-order valence-electron chi connectivity index (χ4n) is 2.09. The van der Waals surface area contributed by atoms with E-state index in [4.69, 9.17) is 0 Å². The second-order valence-corrected chi connectivity index (χ2v) is 6.22. The van der Waals surface area contributed by atoms with Crippen LogP contribution in [0.15, 0.2) is 30.3 Å². The monoisotopic (exact) mass is 492 g/mol. The van der Waals surface area contributed by atoms with Gasteiger partial charge >= 0.3 is 30.6 Å². The van der Waals surface area contributed by atoms with Crippen molar-refractivity contribution in [3.05, 3.63) is 35.9 Å². The van der Waals surface area contributed by atoms with Gasteiger partial charge in [-0.1, -0.05) is 0 Å². The molecular formula is C17H13F9N4O3. The summed E-state index contributed by atoms with van der Waals surface area (Å²) >= 11 is 0. The molecule has 0 bridgehead atoms. The maximum atomic E-state index is 12.6. The van der Waals surface area contributed by atoms with Crippen molar-refractivity contribution < 1.29 is 53.8 Å². The van der Waals surface area contributed by atoms with Crippen molar-refractivity contribution in [1.29, 1.82) is 0 Å². The highest BCUT2D eigenvalue weighted by atomic mass is 19.4. The Balaban J connectivity index is 2.21. The summed E-state index contributed by atoms with van der Waals surface area (Å²) in [6, 6.07) is 1.95. The van der Waals surface area contributed by atoms with Gasteiger partial charge in [-0.3, -0.25) is 10.2 Å². The summed E-state index contributed by atoms with van der Waals surface area (Å²) < 4.78 is 121. The Morgan fingerprint density at radius 2 is 1.45 bits per heavy atom. The van der Waals surface area contributed by atoms with Crippen LogP contribution in [-0.4, -0.2) is 48.6 Å². The molecule has 16 heteroatoms. The van der Waals surface area contributed by atoms with Gasteiger partial charge in [-0.25, -0.2) is 4.79 Å². The predicted molar refractivity (Wildman–Crippen MR) is 94.0 cm³/mol. The fraction of sp³-hybridized carbons (Fsp3) is 0.353. The minimum atomic E-state index is -4.82. The third-order valence-corrected chi connectivity index (χ3v) is 3.55. The molecular weight excluding hydrogens is 479 g/mol. The van der Waals surface area contributed by atoms with Gasteiger partial charge in [0.1, 0.15) is 5.82 Å². The second-order valence-electron chi connectivity index (χ2n) is 6.22. The van der Waals surface area contributed by atoms with Crippen LogP contribution in [0.4, 0.5) is 55.8 Å². The van der Waals surface area contributed by atoms with Gasteiger partial charge in [-0.2, -0.15) is 49.5 Å². The molecule has 7 nitrogen and oxygen atoms in total. The van der Waals surface area contributed by atoms with Crippen LogP contribution in [0.25, 0.3) is 0 Å². The molecule has 0 saturated carbocycles. The van der Waals surface area contributed by atoms with Crippen molar-refractivity contribution in [3.63, 3.8) is 0 Å². The quantitative estimate of drug-likeness (QED) is 0.572. The Morgan fingerprint density at radius 3 is 1.97 bits per heavy atom. The van der Waals surface area contributed by atoms with Gasteiger partial charge in [-0.15, -0.1) is 0 Å². The number of alkyl halides is 9. The maximum absolute atomic E-state index is 12.6. The predicted octanol–water partition coefficient (Wildman–Crippen LogP) is 5.05. The lowest BCUT2D eigenvalue weighted by molar-refractivity contribution is -0.155. The van der Waals surface area contributed by atoms with Crippen LogP contribution in [-0.2, 0) is 6.18 Å². The minimum Gasteiger partial charge on any atom is -0.468 e. The van der Waals surface area contributed by atoms with Crippen LogP contribution in [0.3, 0.4) is 0 Å². The highest BCUT2D eigenvalue weighted by molar-refractivity contribution is 6.00. The zero-order chi connectivity index (χ0) is 25.0. The van der Waals surface area contributed by atoms with Crippen LogP contribution in [0.1, 0.15) is 5.56 Å². The number of nitrogens with zero attached hydrogens (tertiary/aromatic N) is 3. The number of aromatic nitrogens is 2. The number of rotatable bonds is 6. The highest BCUT2D eigenvalue weighted by Crippen LogP contribution is 2.30. The van der Waals surface area contributed by atoms with Crippen molar-refractivity contribution in [2.45, 2.75) is 18.5 Å². The fourth-order valence-corrected chi connectivity index (χ4v) is 2.09. The number of anilines is 2. The van der Waals surface area contributed by atoms with Crippen molar-refractivity contribution in [1.82, 2.24) is 9.97 Å². The average Bonchev–Trinajstić information content (AvgIpc) is 2.68. The molecule has 0 radical (unpaired) electrons. The number of carbonyl (C=O) groups excluding carboxylic acids is 1. The first-order chi connectivity index (χ1) is 15.0. The lowest BCUT2D eigenvalue weighted by atomic mass is 10.2. The van der Waals surface area contributed by atoms with E-state index in [9.17, 15) is 44.3 Å². The molecule has 0 aliphatic heterocycles. The van der Waals surface area contributed by atoms with E-state index >= 15 is 0 Å². The topological polar surface area (TPSA) is 76.6 Å². The summed E-state index contributed by atoms with van der Waals surface area (Å²) in [6.45, 7) is -3.73. The zero-order valence-corrected chi connectivity index (χ0v) is 16.3. The van der Waals surface area contributed by atoms with E-state index < -0.39 is 61.0 Å². The number of ether oxygens (including phenoxy) is 2. The number of nitrogens with one attached hydrogen (secondary N) is 1. The first-order valence-corrected chi connectivity index (χ1v) is 8.54. The molecule has 2 amide bonds. The summed E-state index contributed by atoms with van der Waals surface area (Å²) in [5, 5.41) is 2.05. The zero-order valence-electron chi connectivity index (χ0n) is 16.3. The summed E-state index contributed by atoms with van der Waals surface area (Å²) in [4.78, 5) is 19.9. The van der Waals surface area contributed by atoms with Crippen LogP contribution in [0.5, 0.6) is 11.9 Å². The first-order valence-electron chi connectivity index (χ1n) is 8.54. The minimum absolute atomic E-state index is 0.0170. The second kappa shape index (κ2) is 9.58. The molecule has 0 saturated heterocycles. The van der Waals surface area contributed by atoms with Crippen LogP contribution >= 0.6 is 0 Å². The molecule has 2 rings (SSSR count). The smallest absolute Gasteiger partial charge is 0.422 e. The SMILES string of the molecule is CN(C(=O)Nc1cc(OCC(F)(F)F)nc(OCC(F)(F)F)n1)c1ccc(C(F)(F)F)cc1. The van der Waals surface area contributed by atoms with Crippen molar-refractivity contribution in [3.8, 4) is 11.9 Å². The Morgan fingerprint density at radius 1 is 0.909 bits per heavy atom. The summed E-state index contributed by atoms with van der Waals surface area (Å²) in [6.07, 6.45) is -14.2. The van der Waals surface area contributed by atoms with Gasteiger partial charge in [-0.05, 0) is 24.3 Å². The van der Waals surface area contributed by atoms with E-state index in [-0.39, 0.29) is 5.69 Å². The normalized spacial score (nSPS) is 12.3. The van der Waals surface area contributed by atoms with E-state index in [1.54, 1.807) is 0 Å². The van der Waals surface area contributed by atoms with Gasteiger partial charge in [0, 0.05) is 18.8 Å². The molecule has 1 heterocycles. The molecule has 182 valence electrons. The third-order valence-electron chi connectivity index (χ3n) is 3.55. The molecule has 0 spiro atoms. The molecule has 0 fully saturated rings. The first kappa shape index (κ1) is 25.8. The molecule has 0 unspecified atom stereocenters. The number of carbonyl (C=O) groups is 1. The van der Waals surface area contributed by atoms with Crippen molar-refractivity contribution in [2.75, 3.05) is 30.5 Å². The number of urea groups is 1. The van der Waals surface area contributed by atoms with Crippen LogP contribution < -0.4 is 19.7 Å². The van der Waals surface area contributed by atoms with E-state index in [0.29, 0.717) is 18.2 Å². The summed E-state index contributed by atoms with van der Waals surface area (Å²) in [5.41, 5.74) is -0.995. The Kier molecular flexibility index (Phi) is 7.49. The molecule has 1 N–H and O–H groups in total. The Bertz CT molecular complexity index is 924. The van der Waals surface area contributed by atoms with E-state index in [1.165, 1.54) is 0 Å². The van der Waals surface area contributed by atoms with Crippen molar-refractivity contribution >= 4 is 17.5 Å². The average molecular weight is 492 g/mol. The number of hydrogen-bond acceptors (Lipinski definition) is 5.